The molecule has 1 saturated heterocycles. The van der Waals surface area contributed by atoms with Gasteiger partial charge < -0.3 is 15.0 Å². The van der Waals surface area contributed by atoms with Gasteiger partial charge in [0.2, 0.25) is 0 Å². The van der Waals surface area contributed by atoms with E-state index in [2.05, 4.69) is 22.1 Å². The Balaban J connectivity index is 1.75. The highest BCUT2D eigenvalue weighted by Crippen LogP contribution is 2.28. The van der Waals surface area contributed by atoms with Crippen molar-refractivity contribution in [3.8, 4) is 0 Å². The van der Waals surface area contributed by atoms with E-state index >= 15 is 0 Å². The van der Waals surface area contributed by atoms with Gasteiger partial charge in [0, 0.05) is 26.7 Å². The number of likely N-dealkylation sites (tertiary alicyclic amines) is 1. The van der Waals surface area contributed by atoms with Crippen LogP contribution in [0.25, 0.3) is 0 Å². The number of carbonyl (C=O) groups excluding carboxylic acids is 1. The number of nitrogens with one attached hydrogen (secondary N) is 1. The summed E-state index contributed by atoms with van der Waals surface area (Å²) in [6.45, 7) is 7.48. The zero-order valence-corrected chi connectivity index (χ0v) is 15.0. The van der Waals surface area contributed by atoms with Gasteiger partial charge in [-0.2, -0.15) is 0 Å². The molecule has 2 atom stereocenters. The number of piperidine rings is 1. The Hall–Kier alpha value is -1.26. The highest BCUT2D eigenvalue weighted by molar-refractivity contribution is 5.80. The Morgan fingerprint density at radius 2 is 2.00 bits per heavy atom. The summed E-state index contributed by atoms with van der Waals surface area (Å²) in [6, 6.07) is 0. The van der Waals surface area contributed by atoms with Crippen LogP contribution < -0.4 is 5.32 Å². The third-order valence-corrected chi connectivity index (χ3v) is 5.22. The molecule has 2 aliphatic rings. The minimum absolute atomic E-state index is 0.0358. The average Bonchev–Trinajstić information content (AvgIpc) is 2.56. The Bertz CT molecular complexity index is 403. The number of rotatable bonds is 4. The van der Waals surface area contributed by atoms with Crippen LogP contribution in [-0.2, 0) is 9.53 Å². The van der Waals surface area contributed by atoms with Gasteiger partial charge in [0.25, 0.3) is 0 Å². The fourth-order valence-electron chi connectivity index (χ4n) is 3.90. The first-order valence-corrected chi connectivity index (χ1v) is 9.26. The maximum Gasteiger partial charge on any atom is 0.309 e. The normalized spacial score (nSPS) is 26.9. The van der Waals surface area contributed by atoms with Crippen molar-refractivity contribution in [2.24, 2.45) is 22.7 Å². The highest BCUT2D eigenvalue weighted by atomic mass is 16.5. The largest absolute Gasteiger partial charge is 0.466 e. The van der Waals surface area contributed by atoms with Crippen molar-refractivity contribution in [2.45, 2.75) is 52.4 Å². The molecule has 0 bridgehead atoms. The molecule has 1 aliphatic carbocycles. The van der Waals surface area contributed by atoms with Gasteiger partial charge in [0.15, 0.2) is 5.96 Å². The predicted molar refractivity (Wildman–Crippen MR) is 93.4 cm³/mol. The van der Waals surface area contributed by atoms with E-state index in [1.54, 1.807) is 0 Å². The molecule has 2 fully saturated rings. The molecule has 0 aromatic rings. The van der Waals surface area contributed by atoms with E-state index in [9.17, 15) is 4.79 Å². The summed E-state index contributed by atoms with van der Waals surface area (Å²) in [5.74, 6) is 2.64. The smallest absolute Gasteiger partial charge is 0.309 e. The molecule has 0 spiro atoms. The fraction of sp³-hybridized carbons (Fsp3) is 0.889. The van der Waals surface area contributed by atoms with E-state index in [4.69, 9.17) is 4.74 Å². The molecule has 0 aromatic heterocycles. The van der Waals surface area contributed by atoms with E-state index in [0.29, 0.717) is 6.61 Å². The SMILES string of the molecule is CCOC(=O)C1CCN(C(=NC)NCC2CCCC(C)C2)CC1. The average molecular weight is 323 g/mol. The molecule has 0 aromatic carbocycles. The fourth-order valence-corrected chi connectivity index (χ4v) is 3.90. The third kappa shape index (κ3) is 5.40. The summed E-state index contributed by atoms with van der Waals surface area (Å²) in [5, 5.41) is 3.56. The molecule has 5 nitrogen and oxygen atoms in total. The molecule has 2 rings (SSSR count). The molecule has 0 amide bonds. The molecule has 23 heavy (non-hydrogen) atoms. The van der Waals surface area contributed by atoms with E-state index in [-0.39, 0.29) is 11.9 Å². The molecule has 1 saturated carbocycles. The van der Waals surface area contributed by atoms with Gasteiger partial charge in [0.05, 0.1) is 12.5 Å². The molecule has 5 heteroatoms. The number of carbonyl (C=O) groups is 1. The van der Waals surface area contributed by atoms with Gasteiger partial charge in [-0.1, -0.05) is 19.8 Å². The maximum absolute atomic E-state index is 11.8. The summed E-state index contributed by atoms with van der Waals surface area (Å²) in [6.07, 6.45) is 7.12. The summed E-state index contributed by atoms with van der Waals surface area (Å²) in [5.41, 5.74) is 0. The molecule has 2 unspecified atom stereocenters. The van der Waals surface area contributed by atoms with Gasteiger partial charge >= 0.3 is 5.97 Å². The van der Waals surface area contributed by atoms with Gasteiger partial charge in [-0.15, -0.1) is 0 Å². The Morgan fingerprint density at radius 1 is 1.26 bits per heavy atom. The summed E-state index contributed by atoms with van der Waals surface area (Å²) in [4.78, 5) is 18.5. The van der Waals surface area contributed by atoms with Crippen molar-refractivity contribution < 1.29 is 9.53 Å². The molecule has 1 aliphatic heterocycles. The lowest BCUT2D eigenvalue weighted by atomic mass is 9.82. The molecule has 1 heterocycles. The second kappa shape index (κ2) is 9.14. The van der Waals surface area contributed by atoms with E-state index in [0.717, 1.165) is 50.3 Å². The Kier molecular flexibility index (Phi) is 7.18. The number of ether oxygens (including phenoxy) is 1. The minimum Gasteiger partial charge on any atom is -0.466 e. The zero-order chi connectivity index (χ0) is 16.7. The van der Waals surface area contributed by atoms with Crippen LogP contribution in [0.5, 0.6) is 0 Å². The van der Waals surface area contributed by atoms with Crippen molar-refractivity contribution in [1.82, 2.24) is 10.2 Å². The topological polar surface area (TPSA) is 53.9 Å². The lowest BCUT2D eigenvalue weighted by Gasteiger charge is -2.34. The van der Waals surface area contributed by atoms with E-state index in [1.807, 2.05) is 14.0 Å². The summed E-state index contributed by atoms with van der Waals surface area (Å²) >= 11 is 0. The monoisotopic (exact) mass is 323 g/mol. The quantitative estimate of drug-likeness (QED) is 0.491. The number of hydrogen-bond donors (Lipinski definition) is 1. The highest BCUT2D eigenvalue weighted by Gasteiger charge is 2.27. The van der Waals surface area contributed by atoms with Crippen LogP contribution in [-0.4, -0.2) is 50.1 Å². The minimum atomic E-state index is -0.0358. The summed E-state index contributed by atoms with van der Waals surface area (Å²) < 4.78 is 5.14. The van der Waals surface area contributed by atoms with E-state index in [1.165, 1.54) is 25.7 Å². The van der Waals surface area contributed by atoms with E-state index < -0.39 is 0 Å². The number of guanidine groups is 1. The van der Waals surface area contributed by atoms with Crippen LogP contribution >= 0.6 is 0 Å². The first-order valence-electron chi connectivity index (χ1n) is 9.26. The third-order valence-electron chi connectivity index (χ3n) is 5.22. The number of esters is 1. The number of hydrogen-bond acceptors (Lipinski definition) is 3. The number of nitrogens with zero attached hydrogens (tertiary/aromatic N) is 2. The second-order valence-electron chi connectivity index (χ2n) is 7.08. The lowest BCUT2D eigenvalue weighted by molar-refractivity contribution is -0.149. The van der Waals surface area contributed by atoms with Crippen LogP contribution in [0.2, 0.25) is 0 Å². The van der Waals surface area contributed by atoms with Gasteiger partial charge in [-0.05, 0) is 44.4 Å². The second-order valence-corrected chi connectivity index (χ2v) is 7.08. The predicted octanol–water partition coefficient (Wildman–Crippen LogP) is 2.66. The van der Waals surface area contributed by atoms with Crippen molar-refractivity contribution in [2.75, 3.05) is 33.3 Å². The lowest BCUT2D eigenvalue weighted by Crippen LogP contribution is -2.48. The van der Waals surface area contributed by atoms with Crippen LogP contribution in [0.3, 0.4) is 0 Å². The standard InChI is InChI=1S/C18H33N3O2/c1-4-23-17(22)16-8-10-21(11-9-16)18(19-3)20-13-15-7-5-6-14(2)12-15/h14-16H,4-13H2,1-3H3,(H,19,20). The van der Waals surface area contributed by atoms with Crippen molar-refractivity contribution >= 4 is 11.9 Å². The van der Waals surface area contributed by atoms with Gasteiger partial charge in [0.1, 0.15) is 0 Å². The van der Waals surface area contributed by atoms with Crippen LogP contribution in [0, 0.1) is 17.8 Å². The maximum atomic E-state index is 11.8. The zero-order valence-electron chi connectivity index (χ0n) is 15.0. The molecular weight excluding hydrogens is 290 g/mol. The van der Waals surface area contributed by atoms with Gasteiger partial charge in [-0.3, -0.25) is 9.79 Å². The van der Waals surface area contributed by atoms with Crippen molar-refractivity contribution in [3.63, 3.8) is 0 Å². The molecule has 132 valence electrons. The first-order chi connectivity index (χ1) is 11.1. The molecular formula is C18H33N3O2. The van der Waals surface area contributed by atoms with Crippen LogP contribution in [0.4, 0.5) is 0 Å². The van der Waals surface area contributed by atoms with Crippen LogP contribution in [0.15, 0.2) is 4.99 Å². The van der Waals surface area contributed by atoms with Crippen molar-refractivity contribution in [3.05, 3.63) is 0 Å². The van der Waals surface area contributed by atoms with Crippen LogP contribution in [0.1, 0.15) is 52.4 Å². The van der Waals surface area contributed by atoms with Gasteiger partial charge in [-0.25, -0.2) is 0 Å². The van der Waals surface area contributed by atoms with Crippen molar-refractivity contribution in [1.29, 1.82) is 0 Å². The Labute approximate surface area is 140 Å². The summed E-state index contributed by atoms with van der Waals surface area (Å²) in [7, 11) is 1.85. The number of aliphatic imine (C=N–C) groups is 1. The molecule has 0 radical (unpaired) electrons. The first kappa shape index (κ1) is 18.1. The molecule has 1 N–H and O–H groups in total. The Morgan fingerprint density at radius 3 is 2.61 bits per heavy atom.